The van der Waals surface area contributed by atoms with Gasteiger partial charge in [-0.1, -0.05) is 0 Å². The molecule has 2 aliphatic rings. The van der Waals surface area contributed by atoms with Crippen molar-refractivity contribution in [2.24, 2.45) is 11.7 Å². The normalized spacial score (nSPS) is 49.7. The fourth-order valence-electron chi connectivity index (χ4n) is 2.05. The molecule has 2 saturated heterocycles. The van der Waals surface area contributed by atoms with Crippen LogP contribution in [0, 0.1) is 5.92 Å². The van der Waals surface area contributed by atoms with Crippen LogP contribution in [-0.4, -0.2) is 30.6 Å². The first-order valence-corrected chi connectivity index (χ1v) is 3.84. The molecule has 0 aromatic carbocycles. The molecule has 0 radical (unpaired) electrons. The third-order valence-electron chi connectivity index (χ3n) is 2.62. The number of hydrogen-bond donors (Lipinski definition) is 1. The number of nitrogens with two attached hydrogens (primary N) is 1. The second kappa shape index (κ2) is 1.96. The molecule has 2 rings (SSSR count). The van der Waals surface area contributed by atoms with Crippen molar-refractivity contribution in [1.82, 2.24) is 4.90 Å². The molecule has 2 N–H and O–H groups in total. The van der Waals surface area contributed by atoms with Gasteiger partial charge in [-0.25, -0.2) is 0 Å². The summed E-state index contributed by atoms with van der Waals surface area (Å²) in [6.45, 7) is 3.73. The molecule has 3 atom stereocenters. The van der Waals surface area contributed by atoms with E-state index in [-0.39, 0.29) is 0 Å². The minimum atomic E-state index is 0.493. The lowest BCUT2D eigenvalue weighted by Gasteiger charge is -2.21. The third-order valence-corrected chi connectivity index (χ3v) is 2.62. The van der Waals surface area contributed by atoms with Gasteiger partial charge in [-0.15, -0.1) is 0 Å². The van der Waals surface area contributed by atoms with E-state index in [1.807, 2.05) is 0 Å². The maximum Gasteiger partial charge on any atom is 0.0208 e. The quantitative estimate of drug-likeness (QED) is 0.496. The van der Waals surface area contributed by atoms with E-state index in [1.54, 1.807) is 0 Å². The van der Waals surface area contributed by atoms with Crippen molar-refractivity contribution in [1.29, 1.82) is 0 Å². The van der Waals surface area contributed by atoms with Gasteiger partial charge in [-0.05, 0) is 25.3 Å². The lowest BCUT2D eigenvalue weighted by Crippen LogP contribution is -2.27. The van der Waals surface area contributed by atoms with Crippen molar-refractivity contribution in [2.45, 2.75) is 18.9 Å². The topological polar surface area (TPSA) is 29.3 Å². The molecule has 1 unspecified atom stereocenters. The Hall–Kier alpha value is -0.0800. The fraction of sp³-hybridized carbons (Fsp3) is 1.00. The van der Waals surface area contributed by atoms with Gasteiger partial charge >= 0.3 is 0 Å². The Balaban J connectivity index is 2.07. The van der Waals surface area contributed by atoms with E-state index in [4.69, 9.17) is 5.73 Å². The van der Waals surface area contributed by atoms with Gasteiger partial charge in [0.1, 0.15) is 0 Å². The molecule has 2 bridgehead atoms. The van der Waals surface area contributed by atoms with Crippen molar-refractivity contribution in [3.63, 3.8) is 0 Å². The molecular weight excluding hydrogens is 112 g/mol. The molecule has 0 amide bonds. The Morgan fingerprint density at radius 2 is 2.22 bits per heavy atom. The number of piperidine rings is 1. The van der Waals surface area contributed by atoms with Gasteiger partial charge in [-0.2, -0.15) is 0 Å². The van der Waals surface area contributed by atoms with Crippen molar-refractivity contribution in [3.05, 3.63) is 0 Å². The molecule has 0 aliphatic carbocycles. The Labute approximate surface area is 56.0 Å². The Morgan fingerprint density at radius 3 is 2.89 bits per heavy atom. The molecule has 0 aromatic rings. The largest absolute Gasteiger partial charge is 0.326 e. The summed E-state index contributed by atoms with van der Waals surface area (Å²) in [7, 11) is 0. The summed E-state index contributed by atoms with van der Waals surface area (Å²) in [5.41, 5.74) is 5.88. The second-order valence-electron chi connectivity index (χ2n) is 3.33. The van der Waals surface area contributed by atoms with Crippen LogP contribution in [0.25, 0.3) is 0 Å². The molecule has 52 valence electrons. The lowest BCUT2D eigenvalue weighted by molar-refractivity contribution is 0.269. The second-order valence-corrected chi connectivity index (χ2v) is 3.33. The highest BCUT2D eigenvalue weighted by molar-refractivity contribution is 4.89. The first-order valence-electron chi connectivity index (χ1n) is 3.84. The Kier molecular flexibility index (Phi) is 1.24. The summed E-state index contributed by atoms with van der Waals surface area (Å²) in [6, 6.07) is 0.493. The first kappa shape index (κ1) is 5.69. The molecule has 2 heteroatoms. The number of hydrogen-bond acceptors (Lipinski definition) is 2. The van der Waals surface area contributed by atoms with Crippen molar-refractivity contribution in [3.8, 4) is 0 Å². The number of rotatable bonds is 0. The summed E-state index contributed by atoms with van der Waals surface area (Å²) in [4.78, 5) is 2.48. The highest BCUT2D eigenvalue weighted by atomic mass is 15.2. The first-order chi connectivity index (χ1) is 4.36. The fourth-order valence-corrected chi connectivity index (χ4v) is 2.05. The predicted molar refractivity (Wildman–Crippen MR) is 37.1 cm³/mol. The molecule has 2 heterocycles. The van der Waals surface area contributed by atoms with Gasteiger partial charge in [0.25, 0.3) is 0 Å². The van der Waals surface area contributed by atoms with Crippen molar-refractivity contribution in [2.75, 3.05) is 19.6 Å². The van der Waals surface area contributed by atoms with E-state index in [9.17, 15) is 0 Å². The van der Waals surface area contributed by atoms with Crippen LogP contribution in [0.15, 0.2) is 0 Å². The summed E-state index contributed by atoms with van der Waals surface area (Å²) in [5, 5.41) is 0. The molecule has 0 spiro atoms. The van der Waals surface area contributed by atoms with Crippen LogP contribution in [0.1, 0.15) is 12.8 Å². The zero-order valence-corrected chi connectivity index (χ0v) is 5.71. The molecule has 0 aromatic heterocycles. The van der Waals surface area contributed by atoms with Gasteiger partial charge in [0, 0.05) is 19.1 Å². The zero-order chi connectivity index (χ0) is 6.27. The SMILES string of the molecule is N[C@H]1CN2CCC[C@@H]1C2. The lowest BCUT2D eigenvalue weighted by atomic mass is 9.98. The van der Waals surface area contributed by atoms with Crippen LogP contribution in [0.5, 0.6) is 0 Å². The Bertz CT molecular complexity index is 111. The van der Waals surface area contributed by atoms with E-state index < -0.39 is 0 Å². The maximum atomic E-state index is 5.88. The molecule has 2 fully saturated rings. The number of fused-ring (bicyclic) bond motifs is 2. The van der Waals surface area contributed by atoms with E-state index in [0.717, 1.165) is 12.5 Å². The molecule has 2 aliphatic heterocycles. The molecular formula is C7H14N2. The van der Waals surface area contributed by atoms with E-state index in [0.29, 0.717) is 6.04 Å². The monoisotopic (exact) mass is 126 g/mol. The van der Waals surface area contributed by atoms with Gasteiger partial charge < -0.3 is 10.6 Å². The van der Waals surface area contributed by atoms with Crippen molar-refractivity contribution >= 4 is 0 Å². The average molecular weight is 126 g/mol. The summed E-state index contributed by atoms with van der Waals surface area (Å²) in [5.74, 6) is 0.832. The van der Waals surface area contributed by atoms with Gasteiger partial charge in [-0.3, -0.25) is 0 Å². The van der Waals surface area contributed by atoms with Crippen LogP contribution in [0.3, 0.4) is 0 Å². The molecule has 0 saturated carbocycles. The van der Waals surface area contributed by atoms with E-state index in [2.05, 4.69) is 4.90 Å². The van der Waals surface area contributed by atoms with Gasteiger partial charge in [0.15, 0.2) is 0 Å². The standard InChI is InChI=1S/C7H14N2/c8-7-5-9-3-1-2-6(7)4-9/h6-7H,1-5,8H2/t6-,7+/m1/s1. The minimum Gasteiger partial charge on any atom is -0.326 e. The average Bonchev–Trinajstić information content (AvgIpc) is 2.09. The van der Waals surface area contributed by atoms with Crippen LogP contribution < -0.4 is 5.73 Å². The highest BCUT2D eigenvalue weighted by Crippen LogP contribution is 2.25. The van der Waals surface area contributed by atoms with Crippen molar-refractivity contribution < 1.29 is 0 Å². The van der Waals surface area contributed by atoms with Crippen LogP contribution in [0.4, 0.5) is 0 Å². The van der Waals surface area contributed by atoms with Crippen LogP contribution in [0.2, 0.25) is 0 Å². The smallest absolute Gasteiger partial charge is 0.0208 e. The highest BCUT2D eigenvalue weighted by Gasteiger charge is 2.32. The summed E-state index contributed by atoms with van der Waals surface area (Å²) >= 11 is 0. The summed E-state index contributed by atoms with van der Waals surface area (Å²) in [6.07, 6.45) is 2.75. The summed E-state index contributed by atoms with van der Waals surface area (Å²) < 4.78 is 0. The van der Waals surface area contributed by atoms with Gasteiger partial charge in [0.05, 0.1) is 0 Å². The number of nitrogens with zero attached hydrogens (tertiary/aromatic N) is 1. The van der Waals surface area contributed by atoms with Crippen LogP contribution in [-0.2, 0) is 0 Å². The Morgan fingerprint density at radius 1 is 1.33 bits per heavy atom. The maximum absolute atomic E-state index is 5.88. The third kappa shape index (κ3) is 0.864. The molecule has 2 nitrogen and oxygen atoms in total. The predicted octanol–water partition coefficient (Wildman–Crippen LogP) is 0.0393. The minimum absolute atomic E-state index is 0.493. The molecule has 9 heavy (non-hydrogen) atoms. The van der Waals surface area contributed by atoms with E-state index >= 15 is 0 Å². The zero-order valence-electron chi connectivity index (χ0n) is 5.71. The van der Waals surface area contributed by atoms with E-state index in [1.165, 1.54) is 25.9 Å². The van der Waals surface area contributed by atoms with Crippen LogP contribution >= 0.6 is 0 Å². The van der Waals surface area contributed by atoms with Gasteiger partial charge in [0.2, 0.25) is 0 Å².